The van der Waals surface area contributed by atoms with Crippen LogP contribution in [-0.4, -0.2) is 16.8 Å². The molecule has 1 aromatic heterocycles. The minimum atomic E-state index is -0.891. The van der Waals surface area contributed by atoms with Crippen molar-refractivity contribution in [1.82, 2.24) is 0 Å². The summed E-state index contributed by atoms with van der Waals surface area (Å²) < 4.78 is 11.0. The first-order valence-electron chi connectivity index (χ1n) is 7.81. The largest absolute Gasteiger partial charge is 0.458 e. The highest BCUT2D eigenvalue weighted by Crippen LogP contribution is 2.32. The average Bonchev–Trinajstić information content (AvgIpc) is 3.29. The topological polar surface area (TPSA) is 94.9 Å². The van der Waals surface area contributed by atoms with Crippen LogP contribution in [-0.2, 0) is 9.53 Å². The van der Waals surface area contributed by atoms with Crippen LogP contribution in [0.5, 0.6) is 0 Å². The maximum Gasteiger partial charge on any atom is 0.345 e. The van der Waals surface area contributed by atoms with E-state index in [0.29, 0.717) is 22.6 Å². The van der Waals surface area contributed by atoms with Gasteiger partial charge in [0.05, 0.1) is 4.92 Å². The molecule has 0 N–H and O–H groups in total. The molecule has 3 aromatic rings. The van der Waals surface area contributed by atoms with E-state index in [0.717, 1.165) is 0 Å². The van der Waals surface area contributed by atoms with Gasteiger partial charge in [-0.15, -0.1) is 0 Å². The molecular weight excluding hydrogens is 336 g/mol. The van der Waals surface area contributed by atoms with E-state index in [9.17, 15) is 14.9 Å². The molecular formula is C19H12N2O5. The Bertz CT molecular complexity index is 1020. The highest BCUT2D eigenvalue weighted by molar-refractivity contribution is 6.06. The summed E-state index contributed by atoms with van der Waals surface area (Å²) in [6, 6.07) is 17.6. The Morgan fingerprint density at radius 3 is 2.50 bits per heavy atom. The number of rotatable bonds is 4. The Balaban J connectivity index is 1.64. The van der Waals surface area contributed by atoms with Crippen LogP contribution in [0.3, 0.4) is 0 Å². The van der Waals surface area contributed by atoms with E-state index in [1.165, 1.54) is 12.1 Å². The van der Waals surface area contributed by atoms with Crippen molar-refractivity contribution in [2.75, 3.05) is 0 Å². The summed E-state index contributed by atoms with van der Waals surface area (Å²) in [5.74, 6) is 0.458. The lowest BCUT2D eigenvalue weighted by atomic mass is 10.1. The number of cyclic esters (lactones) is 1. The third kappa shape index (κ3) is 2.86. The molecule has 0 amide bonds. The first kappa shape index (κ1) is 15.8. The van der Waals surface area contributed by atoms with Gasteiger partial charge in [0.25, 0.3) is 5.69 Å². The Hall–Kier alpha value is -3.74. The van der Waals surface area contributed by atoms with Crippen molar-refractivity contribution >= 4 is 17.6 Å². The summed E-state index contributed by atoms with van der Waals surface area (Å²) in [5.41, 5.74) is 1.21. The smallest absolute Gasteiger partial charge is 0.345 e. The Labute approximate surface area is 147 Å². The van der Waals surface area contributed by atoms with Gasteiger partial charge in [0.1, 0.15) is 11.5 Å². The van der Waals surface area contributed by atoms with Crippen LogP contribution >= 0.6 is 0 Å². The maximum atomic E-state index is 12.2. The van der Waals surface area contributed by atoms with Crippen LogP contribution in [0.15, 0.2) is 76.1 Å². The standard InChI is InChI=1S/C19H12N2O5/c22-19-17(20-18(26-19)12-5-2-1-3-6-12)16-10-9-15(25-16)13-7-4-8-14(11-13)21(23)24/h1-11,17H/t17-/m0/s1. The van der Waals surface area contributed by atoms with Gasteiger partial charge >= 0.3 is 5.97 Å². The molecule has 4 rings (SSSR count). The van der Waals surface area contributed by atoms with Gasteiger partial charge in [-0.25, -0.2) is 9.79 Å². The molecule has 7 heteroatoms. The quantitative estimate of drug-likeness (QED) is 0.405. The minimum Gasteiger partial charge on any atom is -0.458 e. The van der Waals surface area contributed by atoms with Crippen molar-refractivity contribution in [2.24, 2.45) is 4.99 Å². The molecule has 0 fully saturated rings. The van der Waals surface area contributed by atoms with Gasteiger partial charge in [-0.1, -0.05) is 30.3 Å². The molecule has 0 bridgehead atoms. The number of benzene rings is 2. The van der Waals surface area contributed by atoms with Crippen molar-refractivity contribution in [3.63, 3.8) is 0 Å². The van der Waals surface area contributed by atoms with Crippen LogP contribution in [0.2, 0.25) is 0 Å². The molecule has 0 saturated carbocycles. The number of ether oxygens (including phenoxy) is 1. The highest BCUT2D eigenvalue weighted by Gasteiger charge is 2.33. The van der Waals surface area contributed by atoms with Gasteiger partial charge in [0, 0.05) is 23.3 Å². The number of carbonyl (C=O) groups excluding carboxylic acids is 1. The van der Waals surface area contributed by atoms with Crippen LogP contribution in [0, 0.1) is 10.1 Å². The first-order chi connectivity index (χ1) is 12.6. The highest BCUT2D eigenvalue weighted by atomic mass is 16.6. The minimum absolute atomic E-state index is 0.0369. The Morgan fingerprint density at radius 1 is 0.962 bits per heavy atom. The van der Waals surface area contributed by atoms with Gasteiger partial charge in [-0.3, -0.25) is 10.1 Å². The third-order valence-corrected chi connectivity index (χ3v) is 3.93. The second kappa shape index (κ2) is 6.29. The number of nitro groups is 1. The number of nitro benzene ring substituents is 1. The SMILES string of the molecule is O=C1OC(c2ccccc2)=N[C@H]1c1ccc(-c2cccc([N+](=O)[O-])c2)o1. The predicted octanol–water partition coefficient (Wildman–Crippen LogP) is 3.90. The van der Waals surface area contributed by atoms with Gasteiger partial charge in [-0.05, 0) is 24.3 Å². The van der Waals surface area contributed by atoms with Crippen molar-refractivity contribution in [1.29, 1.82) is 0 Å². The molecule has 1 atom stereocenters. The van der Waals surface area contributed by atoms with E-state index in [4.69, 9.17) is 9.15 Å². The average molecular weight is 348 g/mol. The van der Waals surface area contributed by atoms with E-state index in [1.54, 1.807) is 36.4 Å². The number of furan rings is 1. The monoisotopic (exact) mass is 348 g/mol. The summed E-state index contributed by atoms with van der Waals surface area (Å²) >= 11 is 0. The van der Waals surface area contributed by atoms with Crippen LogP contribution in [0.25, 0.3) is 11.3 Å². The van der Waals surface area contributed by atoms with Crippen molar-refractivity contribution in [3.8, 4) is 11.3 Å². The fraction of sp³-hybridized carbons (Fsp3) is 0.0526. The van der Waals surface area contributed by atoms with Crippen molar-refractivity contribution < 1.29 is 18.9 Å². The van der Waals surface area contributed by atoms with E-state index >= 15 is 0 Å². The molecule has 0 saturated heterocycles. The molecule has 0 aliphatic carbocycles. The maximum absolute atomic E-state index is 12.2. The molecule has 128 valence electrons. The fourth-order valence-corrected chi connectivity index (χ4v) is 2.67. The van der Waals surface area contributed by atoms with Crippen LogP contribution in [0.4, 0.5) is 5.69 Å². The molecule has 7 nitrogen and oxygen atoms in total. The molecule has 2 heterocycles. The number of carbonyl (C=O) groups is 1. The summed E-state index contributed by atoms with van der Waals surface area (Å²) in [6.07, 6.45) is 0. The number of esters is 1. The van der Waals surface area contributed by atoms with E-state index in [1.807, 2.05) is 18.2 Å². The van der Waals surface area contributed by atoms with Crippen molar-refractivity contribution in [3.05, 3.63) is 88.2 Å². The molecule has 1 aliphatic rings. The number of hydrogen-bond acceptors (Lipinski definition) is 6. The Kier molecular flexibility index (Phi) is 3.81. The second-order valence-electron chi connectivity index (χ2n) is 5.63. The van der Waals surface area contributed by atoms with Crippen LogP contribution < -0.4 is 0 Å². The van der Waals surface area contributed by atoms with Gasteiger partial charge < -0.3 is 9.15 Å². The van der Waals surface area contributed by atoms with Gasteiger partial charge in [0.2, 0.25) is 11.9 Å². The number of non-ortho nitro benzene ring substituents is 1. The molecule has 0 radical (unpaired) electrons. The van der Waals surface area contributed by atoms with Crippen LogP contribution in [0.1, 0.15) is 17.4 Å². The zero-order valence-electron chi connectivity index (χ0n) is 13.4. The third-order valence-electron chi connectivity index (χ3n) is 3.93. The van der Waals surface area contributed by atoms with Crippen molar-refractivity contribution in [2.45, 2.75) is 6.04 Å². The summed E-state index contributed by atoms with van der Waals surface area (Å²) in [7, 11) is 0. The number of hydrogen-bond donors (Lipinski definition) is 0. The Morgan fingerprint density at radius 2 is 1.73 bits per heavy atom. The summed E-state index contributed by atoms with van der Waals surface area (Å²) in [4.78, 5) is 26.9. The lowest BCUT2D eigenvalue weighted by Crippen LogP contribution is -2.08. The first-order valence-corrected chi connectivity index (χ1v) is 7.81. The molecule has 2 aromatic carbocycles. The molecule has 1 aliphatic heterocycles. The lowest BCUT2D eigenvalue weighted by molar-refractivity contribution is -0.384. The number of nitrogens with zero attached hydrogens (tertiary/aromatic N) is 2. The van der Waals surface area contributed by atoms with E-state index in [2.05, 4.69) is 4.99 Å². The second-order valence-corrected chi connectivity index (χ2v) is 5.63. The molecule has 26 heavy (non-hydrogen) atoms. The zero-order chi connectivity index (χ0) is 18.1. The molecule has 0 spiro atoms. The number of aliphatic imine (C=N–C) groups is 1. The summed E-state index contributed by atoms with van der Waals surface area (Å²) in [5, 5.41) is 10.9. The normalized spacial score (nSPS) is 16.2. The summed E-state index contributed by atoms with van der Waals surface area (Å²) in [6.45, 7) is 0. The van der Waals surface area contributed by atoms with E-state index < -0.39 is 16.9 Å². The molecule has 0 unspecified atom stereocenters. The van der Waals surface area contributed by atoms with Gasteiger partial charge in [0.15, 0.2) is 0 Å². The van der Waals surface area contributed by atoms with Gasteiger partial charge in [-0.2, -0.15) is 0 Å². The lowest BCUT2D eigenvalue weighted by Gasteiger charge is -2.00. The zero-order valence-corrected chi connectivity index (χ0v) is 13.4. The fourth-order valence-electron chi connectivity index (χ4n) is 2.67. The van der Waals surface area contributed by atoms with E-state index in [-0.39, 0.29) is 11.6 Å². The predicted molar refractivity (Wildman–Crippen MR) is 92.6 cm³/mol.